The summed E-state index contributed by atoms with van der Waals surface area (Å²) in [4.78, 5) is 8.55. The molecule has 0 radical (unpaired) electrons. The van der Waals surface area contributed by atoms with Gasteiger partial charge in [-0.15, -0.1) is 0 Å². The molecule has 2 rings (SSSR count). The van der Waals surface area contributed by atoms with Crippen LogP contribution in [0.2, 0.25) is 0 Å². The lowest BCUT2D eigenvalue weighted by Gasteiger charge is -2.14. The zero-order chi connectivity index (χ0) is 15.2. The smallest absolute Gasteiger partial charge is 0.214 e. The van der Waals surface area contributed by atoms with Crippen LogP contribution in [0, 0.1) is 13.8 Å². The first kappa shape index (κ1) is 15.6. The molecule has 0 aliphatic carbocycles. The van der Waals surface area contributed by atoms with E-state index in [2.05, 4.69) is 44.4 Å². The number of aromatic nitrogens is 1. The maximum atomic E-state index is 5.54. The fraction of sp³-hybridized carbons (Fsp3) is 0.467. The lowest BCUT2D eigenvalue weighted by molar-refractivity contribution is 0.463. The largest absolute Gasteiger partial charge is 0.444 e. The van der Waals surface area contributed by atoms with Gasteiger partial charge in [-0.3, -0.25) is 4.99 Å². The van der Waals surface area contributed by atoms with Crippen molar-refractivity contribution in [3.8, 4) is 0 Å². The van der Waals surface area contributed by atoms with Crippen molar-refractivity contribution in [1.29, 1.82) is 0 Å². The highest BCUT2D eigenvalue weighted by Crippen LogP contribution is 2.17. The minimum absolute atomic E-state index is 0.445. The first-order chi connectivity index (χ1) is 10.1. The Morgan fingerprint density at radius 3 is 2.81 bits per heavy atom. The third kappa shape index (κ3) is 4.32. The fourth-order valence-corrected chi connectivity index (χ4v) is 2.70. The molecule has 21 heavy (non-hydrogen) atoms. The van der Waals surface area contributed by atoms with Crippen LogP contribution in [0.3, 0.4) is 0 Å². The summed E-state index contributed by atoms with van der Waals surface area (Å²) < 4.78 is 5.54. The first-order valence-corrected chi connectivity index (χ1v) is 7.94. The maximum absolute atomic E-state index is 5.54. The van der Waals surface area contributed by atoms with Gasteiger partial charge in [0.25, 0.3) is 0 Å². The lowest BCUT2D eigenvalue weighted by atomic mass is 10.1. The number of aryl methyl sites for hydroxylation is 2. The van der Waals surface area contributed by atoms with Crippen molar-refractivity contribution in [1.82, 2.24) is 15.6 Å². The van der Waals surface area contributed by atoms with Gasteiger partial charge >= 0.3 is 0 Å². The number of guanidine groups is 1. The number of hydrogen-bond donors (Lipinski definition) is 2. The van der Waals surface area contributed by atoms with E-state index in [9.17, 15) is 0 Å². The van der Waals surface area contributed by atoms with Gasteiger partial charge in [0.1, 0.15) is 5.76 Å². The predicted octanol–water partition coefficient (Wildman–Crippen LogP) is 2.82. The van der Waals surface area contributed by atoms with E-state index in [0.717, 1.165) is 24.0 Å². The highest BCUT2D eigenvalue weighted by atomic mass is 32.1. The molecule has 0 bridgehead atoms. The van der Waals surface area contributed by atoms with Crippen LogP contribution in [0.5, 0.6) is 0 Å². The Bertz CT molecular complexity index is 569. The van der Waals surface area contributed by atoms with E-state index >= 15 is 0 Å². The van der Waals surface area contributed by atoms with E-state index in [-0.39, 0.29) is 0 Å². The van der Waals surface area contributed by atoms with Gasteiger partial charge in [-0.2, -0.15) is 11.3 Å². The Hall–Kier alpha value is -1.82. The van der Waals surface area contributed by atoms with Crippen LogP contribution < -0.4 is 10.6 Å². The molecule has 0 aliphatic rings. The van der Waals surface area contributed by atoms with Crippen molar-refractivity contribution in [2.45, 2.75) is 33.2 Å². The highest BCUT2D eigenvalue weighted by Gasteiger charge is 2.09. The minimum atomic E-state index is 0.445. The zero-order valence-electron chi connectivity index (χ0n) is 12.9. The van der Waals surface area contributed by atoms with Crippen molar-refractivity contribution in [2.24, 2.45) is 4.99 Å². The highest BCUT2D eigenvalue weighted by molar-refractivity contribution is 7.07. The standard InChI is InChI=1S/C15H22N4OS/c1-10(13-5-6-21-9-13)7-17-15(16-4)18-8-14-19-11(2)12(3)20-14/h5-6,9-10H,7-8H2,1-4H3,(H2,16,17,18). The Morgan fingerprint density at radius 1 is 1.43 bits per heavy atom. The third-order valence-electron chi connectivity index (χ3n) is 3.39. The van der Waals surface area contributed by atoms with Crippen LogP contribution in [0.4, 0.5) is 0 Å². The van der Waals surface area contributed by atoms with Gasteiger partial charge in [-0.05, 0) is 42.2 Å². The summed E-state index contributed by atoms with van der Waals surface area (Å²) >= 11 is 1.72. The van der Waals surface area contributed by atoms with Crippen LogP contribution in [-0.2, 0) is 6.54 Å². The van der Waals surface area contributed by atoms with E-state index in [1.165, 1.54) is 5.56 Å². The lowest BCUT2D eigenvalue weighted by Crippen LogP contribution is -2.38. The van der Waals surface area contributed by atoms with Crippen molar-refractivity contribution in [3.63, 3.8) is 0 Å². The molecular weight excluding hydrogens is 284 g/mol. The number of hydrogen-bond acceptors (Lipinski definition) is 4. The monoisotopic (exact) mass is 306 g/mol. The summed E-state index contributed by atoms with van der Waals surface area (Å²) in [6.45, 7) is 7.42. The van der Waals surface area contributed by atoms with Crippen LogP contribution in [0.25, 0.3) is 0 Å². The van der Waals surface area contributed by atoms with E-state index in [1.54, 1.807) is 18.4 Å². The number of oxazole rings is 1. The second-order valence-corrected chi connectivity index (χ2v) is 5.79. The molecule has 0 aliphatic heterocycles. The molecule has 2 heterocycles. The molecule has 0 amide bonds. The fourth-order valence-electron chi connectivity index (χ4n) is 1.92. The van der Waals surface area contributed by atoms with E-state index < -0.39 is 0 Å². The molecule has 0 fully saturated rings. The summed E-state index contributed by atoms with van der Waals surface area (Å²) in [6, 6.07) is 2.16. The average molecular weight is 306 g/mol. The van der Waals surface area contributed by atoms with Crippen molar-refractivity contribution in [2.75, 3.05) is 13.6 Å². The molecule has 0 aromatic carbocycles. The van der Waals surface area contributed by atoms with Gasteiger partial charge in [0, 0.05) is 13.6 Å². The van der Waals surface area contributed by atoms with Gasteiger partial charge in [-0.25, -0.2) is 4.98 Å². The molecule has 2 N–H and O–H groups in total. The Balaban J connectivity index is 1.81. The molecular formula is C15H22N4OS. The number of aliphatic imine (C=N–C) groups is 1. The molecule has 2 aromatic rings. The Kier molecular flexibility index (Phi) is 5.38. The molecule has 1 unspecified atom stereocenters. The molecule has 0 saturated carbocycles. The molecule has 114 valence electrons. The van der Waals surface area contributed by atoms with Gasteiger partial charge in [0.2, 0.25) is 5.89 Å². The van der Waals surface area contributed by atoms with Crippen molar-refractivity contribution >= 4 is 17.3 Å². The van der Waals surface area contributed by atoms with Crippen LogP contribution in [0.1, 0.15) is 35.7 Å². The first-order valence-electron chi connectivity index (χ1n) is 6.99. The average Bonchev–Trinajstić information content (AvgIpc) is 3.10. The topological polar surface area (TPSA) is 62.5 Å². The number of thiophene rings is 1. The molecule has 0 saturated heterocycles. The number of rotatable bonds is 5. The molecule has 2 aromatic heterocycles. The van der Waals surface area contributed by atoms with Crippen LogP contribution >= 0.6 is 11.3 Å². The number of nitrogens with one attached hydrogen (secondary N) is 2. The third-order valence-corrected chi connectivity index (χ3v) is 4.09. The second kappa shape index (κ2) is 7.26. The predicted molar refractivity (Wildman–Crippen MR) is 86.9 cm³/mol. The van der Waals surface area contributed by atoms with Crippen LogP contribution in [0.15, 0.2) is 26.2 Å². The Morgan fingerprint density at radius 2 is 2.24 bits per heavy atom. The summed E-state index contributed by atoms with van der Waals surface area (Å²) in [5.41, 5.74) is 2.28. The van der Waals surface area contributed by atoms with Gasteiger partial charge in [-0.1, -0.05) is 6.92 Å². The van der Waals surface area contributed by atoms with E-state index in [4.69, 9.17) is 4.42 Å². The van der Waals surface area contributed by atoms with Crippen molar-refractivity contribution in [3.05, 3.63) is 39.7 Å². The second-order valence-electron chi connectivity index (χ2n) is 5.01. The van der Waals surface area contributed by atoms with Gasteiger partial charge in [0.15, 0.2) is 5.96 Å². The summed E-state index contributed by atoms with van der Waals surface area (Å²) in [5, 5.41) is 10.8. The van der Waals surface area contributed by atoms with Crippen molar-refractivity contribution < 1.29 is 4.42 Å². The molecule has 6 heteroatoms. The van der Waals surface area contributed by atoms with E-state index in [1.807, 2.05) is 13.8 Å². The Labute approximate surface area is 129 Å². The quantitative estimate of drug-likeness (QED) is 0.658. The molecule has 1 atom stereocenters. The molecule has 5 nitrogen and oxygen atoms in total. The SMILES string of the molecule is CN=C(NCc1nc(C)c(C)o1)NCC(C)c1ccsc1. The maximum Gasteiger partial charge on any atom is 0.214 e. The minimum Gasteiger partial charge on any atom is -0.444 e. The van der Waals surface area contributed by atoms with Gasteiger partial charge < -0.3 is 15.1 Å². The summed E-state index contributed by atoms with van der Waals surface area (Å²) in [5.74, 6) is 2.74. The number of nitrogens with zero attached hydrogens (tertiary/aromatic N) is 2. The van der Waals surface area contributed by atoms with E-state index in [0.29, 0.717) is 18.4 Å². The summed E-state index contributed by atoms with van der Waals surface area (Å²) in [7, 11) is 1.76. The summed E-state index contributed by atoms with van der Waals surface area (Å²) in [6.07, 6.45) is 0. The zero-order valence-corrected chi connectivity index (χ0v) is 13.8. The molecule has 0 spiro atoms. The normalized spacial score (nSPS) is 13.2. The van der Waals surface area contributed by atoms with Crippen LogP contribution in [-0.4, -0.2) is 24.5 Å². The van der Waals surface area contributed by atoms with Gasteiger partial charge in [0.05, 0.1) is 12.2 Å².